The molecule has 8 aromatic rings. The summed E-state index contributed by atoms with van der Waals surface area (Å²) in [7, 11) is 0. The molecule has 8 rings (SSSR count). The lowest BCUT2D eigenvalue weighted by molar-refractivity contribution is 0.666. The van der Waals surface area contributed by atoms with Gasteiger partial charge >= 0.3 is 0 Å². The second-order valence-electron chi connectivity index (χ2n) is 11.0. The number of aromatic nitrogens is 1. The average molecular weight is 539 g/mol. The molecule has 198 valence electrons. The first-order valence-electron chi connectivity index (χ1n) is 14.2. The van der Waals surface area contributed by atoms with E-state index in [1.54, 1.807) is 0 Å². The summed E-state index contributed by atoms with van der Waals surface area (Å²) in [4.78, 5) is 0. The van der Waals surface area contributed by atoms with Gasteiger partial charge in [0.2, 0.25) is 0 Å². The van der Waals surface area contributed by atoms with Gasteiger partial charge in [0, 0.05) is 21.5 Å². The molecule has 3 nitrogen and oxygen atoms in total. The van der Waals surface area contributed by atoms with Crippen molar-refractivity contribution in [3.8, 4) is 34.0 Å². The van der Waals surface area contributed by atoms with E-state index in [2.05, 4.69) is 134 Å². The smallest absolute Gasteiger partial charge is 0.159 e. The molecule has 0 fully saturated rings. The number of benzene rings is 6. The van der Waals surface area contributed by atoms with E-state index in [1.807, 2.05) is 12.1 Å². The van der Waals surface area contributed by atoms with E-state index in [-0.39, 0.29) is 0 Å². The Bertz CT molecular complexity index is 2340. The molecule has 0 aliphatic heterocycles. The Kier molecular flexibility index (Phi) is 5.32. The van der Waals surface area contributed by atoms with E-state index in [0.29, 0.717) is 5.56 Å². The zero-order chi connectivity index (χ0) is 28.4. The zero-order valence-corrected chi connectivity index (χ0v) is 23.3. The number of nitriles is 1. The third kappa shape index (κ3) is 3.59. The number of nitrogens with zero attached hydrogens (tertiary/aromatic N) is 2. The fourth-order valence-corrected chi connectivity index (χ4v) is 6.42. The van der Waals surface area contributed by atoms with Crippen molar-refractivity contribution in [1.29, 1.82) is 5.26 Å². The Hall–Kier alpha value is -5.59. The summed E-state index contributed by atoms with van der Waals surface area (Å²) in [5.74, 6) is 0. The van der Waals surface area contributed by atoms with Gasteiger partial charge in [-0.1, -0.05) is 78.9 Å². The van der Waals surface area contributed by atoms with E-state index in [1.165, 1.54) is 33.0 Å². The van der Waals surface area contributed by atoms with E-state index in [4.69, 9.17) is 4.42 Å². The highest BCUT2D eigenvalue weighted by Gasteiger charge is 2.19. The first kappa shape index (κ1) is 24.2. The first-order chi connectivity index (χ1) is 20.6. The molecule has 0 aliphatic rings. The van der Waals surface area contributed by atoms with Gasteiger partial charge in [0.05, 0.1) is 28.4 Å². The van der Waals surface area contributed by atoms with Gasteiger partial charge in [-0.2, -0.15) is 5.26 Å². The number of aryl methyl sites for hydroxylation is 2. The van der Waals surface area contributed by atoms with E-state index < -0.39 is 0 Å². The van der Waals surface area contributed by atoms with Crippen molar-refractivity contribution in [3.05, 3.63) is 138 Å². The lowest BCUT2D eigenvalue weighted by Crippen LogP contribution is -1.95. The Morgan fingerprint density at radius 1 is 0.571 bits per heavy atom. The maximum absolute atomic E-state index is 10.1. The summed E-state index contributed by atoms with van der Waals surface area (Å²) in [6.45, 7) is 4.32. The Labute approximate surface area is 243 Å². The van der Waals surface area contributed by atoms with Crippen LogP contribution < -0.4 is 0 Å². The van der Waals surface area contributed by atoms with Crippen LogP contribution in [0.5, 0.6) is 0 Å². The summed E-state index contributed by atoms with van der Waals surface area (Å²) in [5.41, 5.74) is 12.5. The monoisotopic (exact) mass is 538 g/mol. The Balaban J connectivity index is 1.38. The molecule has 0 unspecified atom stereocenters. The highest BCUT2D eigenvalue weighted by atomic mass is 16.3. The van der Waals surface area contributed by atoms with E-state index in [9.17, 15) is 5.26 Å². The van der Waals surface area contributed by atoms with Crippen LogP contribution in [0.4, 0.5) is 0 Å². The lowest BCUT2D eigenvalue weighted by atomic mass is 9.92. The summed E-state index contributed by atoms with van der Waals surface area (Å²) in [6.07, 6.45) is 0. The van der Waals surface area contributed by atoms with Crippen LogP contribution >= 0.6 is 0 Å². The van der Waals surface area contributed by atoms with Gasteiger partial charge in [-0.05, 0) is 89.7 Å². The molecule has 0 spiro atoms. The minimum absolute atomic E-state index is 0.602. The standard InChI is InChI=1S/C39H26N2O/c1-24-9-3-4-10-29(24)32-21-27(16-15-25(32)2)28-17-18-38-33(22-28)34-19-26(23-40)20-37(39(34)42-38)41-35-13-7-5-11-30(35)31-12-6-8-14-36(31)41/h3-22H,1-2H3. The second kappa shape index (κ2) is 9.23. The maximum atomic E-state index is 10.1. The second-order valence-corrected chi connectivity index (χ2v) is 11.0. The molecule has 0 amide bonds. The molecular formula is C39H26N2O. The number of furan rings is 1. The Morgan fingerprint density at radius 3 is 1.95 bits per heavy atom. The van der Waals surface area contributed by atoms with Crippen molar-refractivity contribution in [1.82, 2.24) is 4.57 Å². The predicted octanol–water partition coefficient (Wildman–Crippen LogP) is 10.5. The SMILES string of the molecule is Cc1ccccc1-c1cc(-c2ccc3oc4c(-n5c6ccccc6c6ccccc65)cc(C#N)cc4c3c2)ccc1C. The minimum atomic E-state index is 0.602. The molecule has 3 heteroatoms. The van der Waals surface area contributed by atoms with Crippen LogP contribution in [0.1, 0.15) is 16.7 Å². The molecule has 0 aliphatic carbocycles. The van der Waals surface area contributed by atoms with Gasteiger partial charge in [-0.25, -0.2) is 0 Å². The number of para-hydroxylation sites is 2. The van der Waals surface area contributed by atoms with Crippen LogP contribution in [-0.2, 0) is 0 Å². The van der Waals surface area contributed by atoms with Gasteiger partial charge in [0.1, 0.15) is 5.58 Å². The summed E-state index contributed by atoms with van der Waals surface area (Å²) >= 11 is 0. The molecule has 0 saturated carbocycles. The molecule has 6 aromatic carbocycles. The number of fused-ring (bicyclic) bond motifs is 6. The van der Waals surface area contributed by atoms with Crippen LogP contribution in [0.2, 0.25) is 0 Å². The minimum Gasteiger partial charge on any atom is -0.454 e. The first-order valence-corrected chi connectivity index (χ1v) is 14.2. The maximum Gasteiger partial charge on any atom is 0.159 e. The lowest BCUT2D eigenvalue weighted by Gasteiger charge is -2.12. The molecular weight excluding hydrogens is 512 g/mol. The van der Waals surface area contributed by atoms with Gasteiger partial charge in [0.25, 0.3) is 0 Å². The molecule has 0 N–H and O–H groups in total. The number of rotatable bonds is 3. The zero-order valence-electron chi connectivity index (χ0n) is 23.3. The van der Waals surface area contributed by atoms with Crippen LogP contribution in [-0.4, -0.2) is 4.57 Å². The van der Waals surface area contributed by atoms with E-state index >= 15 is 0 Å². The topological polar surface area (TPSA) is 41.9 Å². The molecule has 0 radical (unpaired) electrons. The van der Waals surface area contributed by atoms with Crippen molar-refractivity contribution < 1.29 is 4.42 Å². The van der Waals surface area contributed by atoms with Crippen molar-refractivity contribution in [3.63, 3.8) is 0 Å². The average Bonchev–Trinajstić information content (AvgIpc) is 3.57. The molecule has 2 heterocycles. The number of hydrogen-bond acceptors (Lipinski definition) is 2. The van der Waals surface area contributed by atoms with Gasteiger partial charge in [0.15, 0.2) is 5.58 Å². The largest absolute Gasteiger partial charge is 0.454 e. The third-order valence-electron chi connectivity index (χ3n) is 8.51. The fraction of sp³-hybridized carbons (Fsp3) is 0.0513. The van der Waals surface area contributed by atoms with Crippen LogP contribution in [0.25, 0.3) is 71.7 Å². The summed E-state index contributed by atoms with van der Waals surface area (Å²) < 4.78 is 8.82. The van der Waals surface area contributed by atoms with Crippen molar-refractivity contribution in [2.45, 2.75) is 13.8 Å². The van der Waals surface area contributed by atoms with Crippen LogP contribution in [0.3, 0.4) is 0 Å². The molecule has 0 bridgehead atoms. The van der Waals surface area contributed by atoms with Crippen molar-refractivity contribution in [2.75, 3.05) is 0 Å². The highest BCUT2D eigenvalue weighted by Crippen LogP contribution is 2.40. The van der Waals surface area contributed by atoms with Crippen molar-refractivity contribution >= 4 is 43.7 Å². The molecule has 42 heavy (non-hydrogen) atoms. The van der Waals surface area contributed by atoms with E-state index in [0.717, 1.165) is 49.8 Å². The quantitative estimate of drug-likeness (QED) is 0.224. The molecule has 0 saturated heterocycles. The van der Waals surface area contributed by atoms with Crippen LogP contribution in [0.15, 0.2) is 126 Å². The Morgan fingerprint density at radius 2 is 1.21 bits per heavy atom. The highest BCUT2D eigenvalue weighted by molar-refractivity contribution is 6.13. The predicted molar refractivity (Wildman–Crippen MR) is 173 cm³/mol. The third-order valence-corrected chi connectivity index (χ3v) is 8.51. The summed E-state index contributed by atoms with van der Waals surface area (Å²) in [5, 5.41) is 14.4. The van der Waals surface area contributed by atoms with Gasteiger partial charge < -0.3 is 8.98 Å². The number of hydrogen-bond donors (Lipinski definition) is 0. The fourth-order valence-electron chi connectivity index (χ4n) is 6.42. The molecule has 2 aromatic heterocycles. The van der Waals surface area contributed by atoms with Crippen molar-refractivity contribution in [2.24, 2.45) is 0 Å². The van der Waals surface area contributed by atoms with Gasteiger partial charge in [-0.15, -0.1) is 0 Å². The van der Waals surface area contributed by atoms with Gasteiger partial charge in [-0.3, -0.25) is 0 Å². The summed E-state index contributed by atoms with van der Waals surface area (Å²) in [6, 6.07) is 44.7. The normalized spacial score (nSPS) is 11.5. The molecule has 0 atom stereocenters. The van der Waals surface area contributed by atoms with Crippen LogP contribution in [0, 0.1) is 25.2 Å².